The van der Waals surface area contributed by atoms with Crippen molar-refractivity contribution >= 4 is 24.8 Å². The van der Waals surface area contributed by atoms with E-state index in [1.807, 2.05) is 0 Å². The fraction of sp³-hybridized carbons (Fsp3) is 0.429. The zero-order valence-electron chi connectivity index (χ0n) is 30.0. The molecule has 4 aromatic carbocycles. The molecule has 5 rings (SSSR count). The van der Waals surface area contributed by atoms with Crippen LogP contribution in [-0.4, -0.2) is 3.21 Å². The van der Waals surface area contributed by atoms with Crippen LogP contribution in [0.2, 0.25) is 0 Å². The van der Waals surface area contributed by atoms with Gasteiger partial charge in [-0.1, -0.05) is 129 Å². The number of benzene rings is 3. The summed E-state index contributed by atoms with van der Waals surface area (Å²) in [5, 5.41) is 5.49. The monoisotopic (exact) mass is 718 g/mol. The molecule has 1 atom stereocenters. The summed E-state index contributed by atoms with van der Waals surface area (Å²) >= 11 is 1.51. The van der Waals surface area contributed by atoms with Crippen LogP contribution in [0.25, 0.3) is 21.5 Å². The second-order valence-corrected chi connectivity index (χ2v) is 17.2. The first-order chi connectivity index (χ1) is 19.8. The predicted molar refractivity (Wildman–Crippen MR) is 189 cm³/mol. The molecule has 45 heavy (non-hydrogen) atoms. The van der Waals surface area contributed by atoms with Crippen LogP contribution in [0, 0.1) is 24.3 Å². The van der Waals surface area contributed by atoms with Crippen LogP contribution in [0.3, 0.4) is 0 Å². The van der Waals surface area contributed by atoms with Gasteiger partial charge in [-0.15, -0.1) is 39.7 Å². The van der Waals surface area contributed by atoms with Crippen LogP contribution in [-0.2, 0) is 35.1 Å². The van der Waals surface area contributed by atoms with Gasteiger partial charge in [0.25, 0.3) is 0 Å². The third-order valence-electron chi connectivity index (χ3n) is 8.23. The number of allylic oxidation sites excluding steroid dienone is 4. The maximum atomic E-state index is 3.48. The SMILES string of the molecule is CC(C)(C)c1ccc2[cH-]c3ccc(C(C)(C)C)cc3c2c1.CCC1=[C-]C(C)C=C1C(C)(C)C.C[C](=[Zr+2])c1ccc(C)cc1.[Cl-].[Cl-]. The van der Waals surface area contributed by atoms with E-state index >= 15 is 0 Å². The molecule has 0 saturated heterocycles. The van der Waals surface area contributed by atoms with Gasteiger partial charge in [-0.05, 0) is 10.8 Å². The van der Waals surface area contributed by atoms with Gasteiger partial charge in [-0.3, -0.25) is 6.08 Å². The Morgan fingerprint density at radius 1 is 0.733 bits per heavy atom. The molecule has 1 aliphatic rings. The minimum absolute atomic E-state index is 0. The summed E-state index contributed by atoms with van der Waals surface area (Å²) < 4.78 is 1.46. The average molecular weight is 721 g/mol. The normalized spacial score (nSPS) is 14.7. The third kappa shape index (κ3) is 11.2. The van der Waals surface area contributed by atoms with Crippen LogP contribution in [0.15, 0.2) is 84.0 Å². The van der Waals surface area contributed by atoms with Crippen LogP contribution < -0.4 is 24.8 Å². The minimum atomic E-state index is 0. The summed E-state index contributed by atoms with van der Waals surface area (Å²) in [6, 6.07) is 24.8. The van der Waals surface area contributed by atoms with E-state index in [4.69, 9.17) is 0 Å². The molecule has 0 nitrogen and oxygen atoms in total. The minimum Gasteiger partial charge on any atom is -1.00 e. The third-order valence-corrected chi connectivity index (χ3v) is 8.94. The van der Waals surface area contributed by atoms with Crippen LogP contribution in [0.4, 0.5) is 0 Å². The van der Waals surface area contributed by atoms with Crippen molar-refractivity contribution in [3.05, 3.63) is 112 Å². The molecule has 0 radical (unpaired) electrons. The largest absolute Gasteiger partial charge is 1.00 e. The quantitative estimate of drug-likeness (QED) is 0.218. The molecule has 0 N–H and O–H groups in total. The van der Waals surface area contributed by atoms with Gasteiger partial charge < -0.3 is 24.8 Å². The van der Waals surface area contributed by atoms with E-state index in [0.717, 1.165) is 6.42 Å². The fourth-order valence-electron chi connectivity index (χ4n) is 5.47. The zero-order valence-corrected chi connectivity index (χ0v) is 33.9. The van der Waals surface area contributed by atoms with Crippen molar-refractivity contribution in [1.82, 2.24) is 0 Å². The molecule has 0 aromatic heterocycles. The molecule has 0 bridgehead atoms. The summed E-state index contributed by atoms with van der Waals surface area (Å²) in [6.07, 6.45) is 6.95. The Kier molecular flexibility index (Phi) is 15.1. The van der Waals surface area contributed by atoms with E-state index < -0.39 is 0 Å². The molecule has 0 heterocycles. The Balaban J connectivity index is 0.000000362. The summed E-state index contributed by atoms with van der Waals surface area (Å²) in [7, 11) is 0. The summed E-state index contributed by atoms with van der Waals surface area (Å²) in [5.74, 6) is 0.522. The van der Waals surface area contributed by atoms with E-state index in [1.54, 1.807) is 0 Å². The van der Waals surface area contributed by atoms with Crippen LogP contribution in [0.1, 0.15) is 112 Å². The van der Waals surface area contributed by atoms with Gasteiger partial charge in [0.15, 0.2) is 0 Å². The first-order valence-electron chi connectivity index (χ1n) is 15.9. The Hall–Kier alpha value is -1.66. The van der Waals surface area contributed by atoms with E-state index in [0.29, 0.717) is 11.3 Å². The van der Waals surface area contributed by atoms with Crippen molar-refractivity contribution in [1.29, 1.82) is 0 Å². The summed E-state index contributed by atoms with van der Waals surface area (Å²) in [4.78, 5) is 0. The number of aryl methyl sites for hydroxylation is 1. The summed E-state index contributed by atoms with van der Waals surface area (Å²) in [6.45, 7) is 29.2. The molecular formula is C42H54Cl2Zr-2. The molecular weight excluding hydrogens is 667 g/mol. The van der Waals surface area contributed by atoms with Crippen molar-refractivity contribution in [3.8, 4) is 0 Å². The molecule has 242 valence electrons. The smallest absolute Gasteiger partial charge is 1.00 e. The first kappa shape index (κ1) is 41.4. The second-order valence-electron chi connectivity index (χ2n) is 15.3. The van der Waals surface area contributed by atoms with Gasteiger partial charge in [0, 0.05) is 0 Å². The molecule has 0 fully saturated rings. The van der Waals surface area contributed by atoms with E-state index in [9.17, 15) is 0 Å². The van der Waals surface area contributed by atoms with Gasteiger partial charge in [0.1, 0.15) is 0 Å². The number of hydrogen-bond acceptors (Lipinski definition) is 0. The van der Waals surface area contributed by atoms with Crippen molar-refractivity contribution in [2.24, 2.45) is 11.3 Å². The molecule has 0 spiro atoms. The van der Waals surface area contributed by atoms with Gasteiger partial charge >= 0.3 is 76.7 Å². The first-order valence-corrected chi connectivity index (χ1v) is 17.2. The summed E-state index contributed by atoms with van der Waals surface area (Å²) in [5.41, 5.74) is 9.13. The number of halogens is 2. The van der Waals surface area contributed by atoms with Crippen molar-refractivity contribution in [2.45, 2.75) is 107 Å². The Morgan fingerprint density at radius 2 is 1.18 bits per heavy atom. The molecule has 0 aliphatic heterocycles. The number of hydrogen-bond donors (Lipinski definition) is 0. The molecule has 3 heteroatoms. The Morgan fingerprint density at radius 3 is 1.51 bits per heavy atom. The standard InChI is InChI=1S/C21H25.C12H19.C9H10.2ClH.Zr/c1-20(2,3)16-9-7-14-11-15-8-10-17(21(4,5)6)13-19(15)18(14)12-16;1-6-10-7-9(2)8-11(10)12(3,4)5;1-3-9-6-4-8(2)5-7-9;;;/h7-13H,1-6H3;8-9H,6H2,1-5H3;4-7H,1-2H3;2*1H;/q2*-1;;;;+2/p-2. The van der Waals surface area contributed by atoms with Crippen molar-refractivity contribution < 1.29 is 49.0 Å². The number of fused-ring (bicyclic) bond motifs is 3. The molecule has 4 aromatic rings. The second kappa shape index (κ2) is 16.4. The maximum Gasteiger partial charge on any atom is -1.00 e. The van der Waals surface area contributed by atoms with E-state index in [1.165, 1.54) is 82.4 Å². The van der Waals surface area contributed by atoms with Gasteiger partial charge in [-0.25, -0.2) is 5.57 Å². The molecule has 1 unspecified atom stereocenters. The Labute approximate surface area is 302 Å². The van der Waals surface area contributed by atoms with Gasteiger partial charge in [0.2, 0.25) is 0 Å². The fourth-order valence-corrected chi connectivity index (χ4v) is 5.88. The molecule has 0 amide bonds. The van der Waals surface area contributed by atoms with Crippen molar-refractivity contribution in [2.75, 3.05) is 0 Å². The van der Waals surface area contributed by atoms with Gasteiger partial charge in [-0.2, -0.15) is 11.6 Å². The number of rotatable bonds is 2. The van der Waals surface area contributed by atoms with E-state index in [2.05, 4.69) is 169 Å². The van der Waals surface area contributed by atoms with E-state index in [-0.39, 0.29) is 35.6 Å². The van der Waals surface area contributed by atoms with Crippen LogP contribution in [0.5, 0.6) is 0 Å². The predicted octanol–water partition coefficient (Wildman–Crippen LogP) is 6.15. The average Bonchev–Trinajstić information content (AvgIpc) is 3.48. The zero-order chi connectivity index (χ0) is 32.3. The Bertz CT molecular complexity index is 1560. The van der Waals surface area contributed by atoms with Crippen molar-refractivity contribution in [3.63, 3.8) is 0 Å². The maximum absolute atomic E-state index is 3.48. The van der Waals surface area contributed by atoms with Crippen LogP contribution >= 0.6 is 0 Å². The topological polar surface area (TPSA) is 0 Å². The molecule has 0 saturated carbocycles. The van der Waals surface area contributed by atoms with Gasteiger partial charge in [0.05, 0.1) is 0 Å². The molecule has 1 aliphatic carbocycles.